The second-order valence-electron chi connectivity index (χ2n) is 7.68. The molecule has 0 saturated carbocycles. The summed E-state index contributed by atoms with van der Waals surface area (Å²) in [6.07, 6.45) is 2.75. The van der Waals surface area contributed by atoms with Crippen molar-refractivity contribution < 1.29 is 23.5 Å². The molecule has 174 valence electrons. The zero-order chi connectivity index (χ0) is 23.2. The van der Waals surface area contributed by atoms with Crippen LogP contribution in [0.15, 0.2) is 40.0 Å². The van der Waals surface area contributed by atoms with Crippen LogP contribution in [0.1, 0.15) is 47.0 Å². The van der Waals surface area contributed by atoms with Crippen LogP contribution in [0.2, 0.25) is 0 Å². The molecule has 1 amide bonds. The fourth-order valence-corrected chi connectivity index (χ4v) is 5.56. The molecule has 0 bridgehead atoms. The van der Waals surface area contributed by atoms with Crippen molar-refractivity contribution in [1.82, 2.24) is 10.2 Å². The molecule has 2 aromatic heterocycles. The molecule has 0 saturated heterocycles. The summed E-state index contributed by atoms with van der Waals surface area (Å²) < 4.78 is 16.4. The van der Waals surface area contributed by atoms with Crippen LogP contribution in [0.3, 0.4) is 0 Å². The number of ether oxygens (including phenoxy) is 2. The zero-order valence-electron chi connectivity index (χ0n) is 18.5. The van der Waals surface area contributed by atoms with Gasteiger partial charge in [-0.3, -0.25) is 4.79 Å². The van der Waals surface area contributed by atoms with Gasteiger partial charge in [-0.1, -0.05) is 36.9 Å². The quantitative estimate of drug-likeness (QED) is 0.341. The van der Waals surface area contributed by atoms with Crippen molar-refractivity contribution in [3.8, 4) is 5.75 Å². The van der Waals surface area contributed by atoms with Gasteiger partial charge in [0.05, 0.1) is 17.9 Å². The second-order valence-corrected chi connectivity index (χ2v) is 9.71. The van der Waals surface area contributed by atoms with Crippen molar-refractivity contribution in [1.29, 1.82) is 0 Å². The molecule has 1 aromatic carbocycles. The first-order valence-electron chi connectivity index (χ1n) is 10.8. The topological polar surface area (TPSA) is 104 Å². The van der Waals surface area contributed by atoms with Crippen LogP contribution in [0.4, 0.5) is 5.00 Å². The minimum atomic E-state index is -0.382. The van der Waals surface area contributed by atoms with Crippen molar-refractivity contribution in [3.63, 3.8) is 0 Å². The van der Waals surface area contributed by atoms with Crippen molar-refractivity contribution >= 4 is 40.0 Å². The number of benzene rings is 1. The number of nitrogens with one attached hydrogen (secondary N) is 1. The average Bonchev–Trinajstić information content (AvgIpc) is 3.40. The number of thioether (sulfide) groups is 1. The molecule has 1 aliphatic carbocycles. The molecule has 1 N–H and O–H groups in total. The van der Waals surface area contributed by atoms with E-state index in [1.807, 2.05) is 30.3 Å². The van der Waals surface area contributed by atoms with Gasteiger partial charge < -0.3 is 19.2 Å². The van der Waals surface area contributed by atoms with E-state index >= 15 is 0 Å². The molecule has 1 unspecified atom stereocenters. The van der Waals surface area contributed by atoms with Crippen molar-refractivity contribution in [2.24, 2.45) is 5.92 Å². The number of amides is 1. The molecule has 10 heteroatoms. The highest BCUT2D eigenvalue weighted by Crippen LogP contribution is 2.40. The van der Waals surface area contributed by atoms with Crippen molar-refractivity contribution in [2.75, 3.05) is 17.7 Å². The number of carbonyl (C=O) groups excluding carboxylic acids is 2. The molecule has 8 nitrogen and oxygen atoms in total. The average molecular weight is 488 g/mol. The summed E-state index contributed by atoms with van der Waals surface area (Å²) in [6.45, 7) is 4.41. The van der Waals surface area contributed by atoms with E-state index in [1.54, 1.807) is 6.92 Å². The van der Waals surface area contributed by atoms with Crippen LogP contribution in [0.5, 0.6) is 5.75 Å². The zero-order valence-corrected chi connectivity index (χ0v) is 20.1. The van der Waals surface area contributed by atoms with E-state index in [4.69, 9.17) is 13.9 Å². The van der Waals surface area contributed by atoms with E-state index in [-0.39, 0.29) is 36.1 Å². The molecule has 0 spiro atoms. The Kier molecular flexibility index (Phi) is 7.66. The highest BCUT2D eigenvalue weighted by atomic mass is 32.2. The van der Waals surface area contributed by atoms with Gasteiger partial charge in [-0.2, -0.15) is 0 Å². The van der Waals surface area contributed by atoms with E-state index in [0.29, 0.717) is 28.1 Å². The normalized spacial score (nSPS) is 15.0. The summed E-state index contributed by atoms with van der Waals surface area (Å²) in [5, 5.41) is 11.6. The Labute approximate surface area is 200 Å². The van der Waals surface area contributed by atoms with Crippen LogP contribution in [-0.4, -0.2) is 34.4 Å². The van der Waals surface area contributed by atoms with E-state index in [1.165, 1.54) is 11.3 Å². The number of aromatic nitrogens is 2. The van der Waals surface area contributed by atoms with Crippen LogP contribution >= 0.6 is 23.1 Å². The molecule has 4 rings (SSSR count). The van der Waals surface area contributed by atoms with Crippen LogP contribution < -0.4 is 10.1 Å². The number of esters is 1. The highest BCUT2D eigenvalue weighted by Gasteiger charge is 2.29. The first-order chi connectivity index (χ1) is 16.0. The molecule has 1 atom stereocenters. The van der Waals surface area contributed by atoms with Gasteiger partial charge >= 0.3 is 5.97 Å². The number of rotatable bonds is 9. The highest BCUT2D eigenvalue weighted by molar-refractivity contribution is 7.99. The maximum atomic E-state index is 12.6. The number of para-hydroxylation sites is 1. The summed E-state index contributed by atoms with van der Waals surface area (Å²) in [4.78, 5) is 26.4. The molecule has 0 aliphatic heterocycles. The first-order valence-corrected chi connectivity index (χ1v) is 12.6. The summed E-state index contributed by atoms with van der Waals surface area (Å²) >= 11 is 2.60. The Balaban J connectivity index is 1.35. The van der Waals surface area contributed by atoms with Gasteiger partial charge in [0.25, 0.3) is 11.1 Å². The van der Waals surface area contributed by atoms with E-state index in [9.17, 15) is 9.59 Å². The Bertz CT molecular complexity index is 1110. The second kappa shape index (κ2) is 10.8. The van der Waals surface area contributed by atoms with E-state index < -0.39 is 0 Å². The number of carbonyl (C=O) groups is 2. The molecule has 2 heterocycles. The van der Waals surface area contributed by atoms with E-state index in [2.05, 4.69) is 22.4 Å². The number of hydrogen-bond donors (Lipinski definition) is 1. The predicted octanol–water partition coefficient (Wildman–Crippen LogP) is 4.74. The predicted molar refractivity (Wildman–Crippen MR) is 126 cm³/mol. The Morgan fingerprint density at radius 3 is 2.88 bits per heavy atom. The first kappa shape index (κ1) is 23.3. The van der Waals surface area contributed by atoms with Crippen LogP contribution in [-0.2, 0) is 29.0 Å². The maximum Gasteiger partial charge on any atom is 0.341 e. The molecular weight excluding hydrogens is 462 g/mol. The Morgan fingerprint density at radius 1 is 1.27 bits per heavy atom. The lowest BCUT2D eigenvalue weighted by Gasteiger charge is -2.18. The van der Waals surface area contributed by atoms with Crippen molar-refractivity contribution in [3.05, 3.63) is 52.2 Å². The van der Waals surface area contributed by atoms with Gasteiger partial charge in [0, 0.05) is 4.88 Å². The molecule has 0 fully saturated rings. The summed E-state index contributed by atoms with van der Waals surface area (Å²) in [5.41, 5.74) is 1.51. The lowest BCUT2D eigenvalue weighted by molar-refractivity contribution is -0.113. The van der Waals surface area contributed by atoms with Crippen molar-refractivity contribution in [2.45, 2.75) is 44.9 Å². The Morgan fingerprint density at radius 2 is 2.09 bits per heavy atom. The third-order valence-electron chi connectivity index (χ3n) is 5.12. The minimum absolute atomic E-state index is 0.0718. The largest absolute Gasteiger partial charge is 0.484 e. The molecular formula is C23H25N3O5S2. The number of nitrogens with zero attached hydrogens (tertiary/aromatic N) is 2. The van der Waals surface area contributed by atoms with Gasteiger partial charge in [0.2, 0.25) is 5.91 Å². The summed E-state index contributed by atoms with van der Waals surface area (Å²) in [6, 6.07) is 9.33. The molecule has 3 aromatic rings. The lowest BCUT2D eigenvalue weighted by Crippen LogP contribution is -2.17. The summed E-state index contributed by atoms with van der Waals surface area (Å²) in [5.74, 6) is 1.02. The fraction of sp³-hybridized carbons (Fsp3) is 0.391. The monoisotopic (exact) mass is 487 g/mol. The van der Waals surface area contributed by atoms with Gasteiger partial charge in [0.15, 0.2) is 6.61 Å². The number of thiophene rings is 1. The maximum absolute atomic E-state index is 12.6. The minimum Gasteiger partial charge on any atom is -0.484 e. The third kappa shape index (κ3) is 5.94. The molecule has 0 radical (unpaired) electrons. The van der Waals surface area contributed by atoms with Crippen LogP contribution in [0, 0.1) is 5.92 Å². The number of hydrogen-bond acceptors (Lipinski definition) is 9. The number of fused-ring (bicyclic) bond motifs is 1. The summed E-state index contributed by atoms with van der Waals surface area (Å²) in [7, 11) is 0. The standard InChI is InChI=1S/C23H25N3O5S2/c1-3-29-22(28)20-16-10-9-14(2)11-17(16)33-21(20)24-18(27)13-32-23-26-25-19(31-23)12-30-15-7-5-4-6-8-15/h4-8,14H,3,9-13H2,1-2H3,(H,24,27). The molecule has 33 heavy (non-hydrogen) atoms. The molecule has 1 aliphatic rings. The number of anilines is 1. The smallest absolute Gasteiger partial charge is 0.341 e. The third-order valence-corrected chi connectivity index (χ3v) is 7.11. The van der Waals surface area contributed by atoms with Gasteiger partial charge in [-0.05, 0) is 49.8 Å². The van der Waals surface area contributed by atoms with Crippen LogP contribution in [0.25, 0.3) is 0 Å². The lowest BCUT2D eigenvalue weighted by atomic mass is 9.88. The fourth-order valence-electron chi connectivity index (χ4n) is 3.56. The van der Waals surface area contributed by atoms with Gasteiger partial charge in [-0.25, -0.2) is 4.79 Å². The van der Waals surface area contributed by atoms with Gasteiger partial charge in [-0.15, -0.1) is 21.5 Å². The SMILES string of the molecule is CCOC(=O)c1c(NC(=O)CSc2nnc(COc3ccccc3)o2)sc2c1CCC(C)C2. The Hall–Kier alpha value is -2.85. The van der Waals surface area contributed by atoms with E-state index in [0.717, 1.165) is 41.5 Å². The van der Waals surface area contributed by atoms with Gasteiger partial charge in [0.1, 0.15) is 10.8 Å².